The van der Waals surface area contributed by atoms with E-state index in [4.69, 9.17) is 27.9 Å². The maximum Gasteiger partial charge on any atom is 0.244 e. The van der Waals surface area contributed by atoms with E-state index in [0.29, 0.717) is 40.9 Å². The van der Waals surface area contributed by atoms with E-state index >= 15 is 0 Å². The lowest BCUT2D eigenvalue weighted by molar-refractivity contribution is -0.140. The van der Waals surface area contributed by atoms with Crippen LogP contribution < -0.4 is 14.4 Å². The smallest absolute Gasteiger partial charge is 0.244 e. The Bertz CT molecular complexity index is 1160. The lowest BCUT2D eigenvalue weighted by Gasteiger charge is -2.33. The summed E-state index contributed by atoms with van der Waals surface area (Å²) in [6, 6.07) is 10.7. The van der Waals surface area contributed by atoms with Crippen LogP contribution in [0.5, 0.6) is 5.75 Å². The molecule has 36 heavy (non-hydrogen) atoms. The Morgan fingerprint density at radius 3 is 2.33 bits per heavy atom. The molecule has 0 saturated heterocycles. The van der Waals surface area contributed by atoms with Gasteiger partial charge in [0.05, 0.1) is 28.6 Å². The number of halogens is 2. The van der Waals surface area contributed by atoms with E-state index in [1.54, 1.807) is 56.3 Å². The lowest BCUT2D eigenvalue weighted by Crippen LogP contribution is -2.52. The number of anilines is 1. The van der Waals surface area contributed by atoms with E-state index in [-0.39, 0.29) is 18.1 Å². The minimum atomic E-state index is -3.87. The van der Waals surface area contributed by atoms with E-state index in [9.17, 15) is 18.0 Å². The summed E-state index contributed by atoms with van der Waals surface area (Å²) in [5, 5.41) is 3.51. The van der Waals surface area contributed by atoms with Crippen LogP contribution in [0, 0.1) is 0 Å². The van der Waals surface area contributed by atoms with Crippen molar-refractivity contribution in [2.24, 2.45) is 0 Å². The number of nitrogens with one attached hydrogen (secondary N) is 1. The third kappa shape index (κ3) is 8.01. The maximum atomic E-state index is 13.7. The SMILES string of the molecule is CCCNC(=O)C(CC)N(Cc1ccc(Cl)c(Cl)c1)C(=O)CN(c1ccccc1OCC)S(C)(=O)=O. The molecular weight excluding hydrogens is 525 g/mol. The standard InChI is InChI=1S/C25H33Cl2N3O5S/c1-5-14-28-25(32)21(6-2)29(16-18-12-13-19(26)20(27)15-18)24(31)17-30(36(4,33)34)22-10-8-9-11-23(22)35-7-3/h8-13,15,21H,5-7,14,16-17H2,1-4H3,(H,28,32). The van der Waals surface area contributed by atoms with Crippen molar-refractivity contribution in [2.75, 3.05) is 30.3 Å². The van der Waals surface area contributed by atoms with Gasteiger partial charge in [-0.2, -0.15) is 0 Å². The fraction of sp³-hybridized carbons (Fsp3) is 0.440. The van der Waals surface area contributed by atoms with Crippen molar-refractivity contribution < 1.29 is 22.7 Å². The minimum Gasteiger partial charge on any atom is -0.492 e. The average molecular weight is 559 g/mol. The first-order chi connectivity index (χ1) is 17.0. The molecule has 0 heterocycles. The number of nitrogens with zero attached hydrogens (tertiary/aromatic N) is 2. The Labute approximate surface area is 223 Å². The summed E-state index contributed by atoms with van der Waals surface area (Å²) in [6.07, 6.45) is 2.09. The van der Waals surface area contributed by atoms with Gasteiger partial charge in [0.25, 0.3) is 0 Å². The molecule has 2 aromatic rings. The molecule has 11 heteroatoms. The van der Waals surface area contributed by atoms with Crippen LogP contribution in [0.25, 0.3) is 0 Å². The van der Waals surface area contributed by atoms with Crippen LogP contribution in [0.3, 0.4) is 0 Å². The number of rotatable bonds is 13. The molecule has 0 aliphatic carbocycles. The number of carbonyl (C=O) groups excluding carboxylic acids is 2. The third-order valence-corrected chi connectivity index (χ3v) is 7.25. The molecule has 1 unspecified atom stereocenters. The van der Waals surface area contributed by atoms with Crippen molar-refractivity contribution in [3.63, 3.8) is 0 Å². The first kappa shape index (κ1) is 29.7. The molecule has 0 spiro atoms. The third-order valence-electron chi connectivity index (χ3n) is 5.39. The van der Waals surface area contributed by atoms with E-state index in [1.165, 1.54) is 4.90 Å². The molecule has 2 rings (SSSR count). The molecule has 0 radical (unpaired) electrons. The van der Waals surface area contributed by atoms with Crippen molar-refractivity contribution in [3.05, 3.63) is 58.1 Å². The first-order valence-corrected chi connectivity index (χ1v) is 14.3. The number of hydrogen-bond donors (Lipinski definition) is 1. The second kappa shape index (κ2) is 13.7. The number of carbonyl (C=O) groups is 2. The second-order valence-corrected chi connectivity index (χ2v) is 10.9. The Kier molecular flexibility index (Phi) is 11.3. The zero-order valence-corrected chi connectivity index (χ0v) is 23.3. The minimum absolute atomic E-state index is 0.0402. The van der Waals surface area contributed by atoms with Crippen molar-refractivity contribution >= 4 is 50.7 Å². The summed E-state index contributed by atoms with van der Waals surface area (Å²) < 4.78 is 32.2. The predicted octanol–water partition coefficient (Wildman–Crippen LogP) is 4.49. The quantitative estimate of drug-likeness (QED) is 0.391. The van der Waals surface area contributed by atoms with Crippen molar-refractivity contribution in [1.29, 1.82) is 0 Å². The fourth-order valence-electron chi connectivity index (χ4n) is 3.66. The van der Waals surface area contributed by atoms with Gasteiger partial charge in [-0.05, 0) is 49.6 Å². The Morgan fingerprint density at radius 1 is 1.06 bits per heavy atom. The van der Waals surface area contributed by atoms with E-state index < -0.39 is 28.5 Å². The summed E-state index contributed by atoms with van der Waals surface area (Å²) in [7, 11) is -3.87. The molecule has 198 valence electrons. The van der Waals surface area contributed by atoms with Gasteiger partial charge in [-0.25, -0.2) is 8.42 Å². The van der Waals surface area contributed by atoms with Crippen LogP contribution in [0.15, 0.2) is 42.5 Å². The van der Waals surface area contributed by atoms with Gasteiger partial charge in [0, 0.05) is 13.1 Å². The highest BCUT2D eigenvalue weighted by Crippen LogP contribution is 2.30. The van der Waals surface area contributed by atoms with Crippen molar-refractivity contribution in [1.82, 2.24) is 10.2 Å². The number of para-hydroxylation sites is 2. The summed E-state index contributed by atoms with van der Waals surface area (Å²) in [5.41, 5.74) is 0.897. The zero-order valence-electron chi connectivity index (χ0n) is 21.0. The van der Waals surface area contributed by atoms with E-state index in [2.05, 4.69) is 5.32 Å². The largest absolute Gasteiger partial charge is 0.492 e. The van der Waals surface area contributed by atoms with E-state index in [0.717, 1.165) is 17.0 Å². The average Bonchev–Trinajstić information content (AvgIpc) is 2.83. The van der Waals surface area contributed by atoms with Crippen LogP contribution in [0.2, 0.25) is 10.0 Å². The molecule has 0 aromatic heterocycles. The van der Waals surface area contributed by atoms with Crippen LogP contribution in [0.1, 0.15) is 39.2 Å². The Balaban J connectivity index is 2.49. The molecule has 1 atom stereocenters. The normalized spacial score (nSPS) is 12.1. The highest BCUT2D eigenvalue weighted by Gasteiger charge is 2.32. The predicted molar refractivity (Wildman–Crippen MR) is 144 cm³/mol. The van der Waals surface area contributed by atoms with Gasteiger partial charge < -0.3 is 15.0 Å². The highest BCUT2D eigenvalue weighted by molar-refractivity contribution is 7.92. The summed E-state index contributed by atoms with van der Waals surface area (Å²) >= 11 is 12.2. The molecule has 1 N–H and O–H groups in total. The van der Waals surface area contributed by atoms with Gasteiger partial charge in [-0.1, -0.05) is 55.2 Å². The van der Waals surface area contributed by atoms with Crippen LogP contribution in [0.4, 0.5) is 5.69 Å². The summed E-state index contributed by atoms with van der Waals surface area (Å²) in [4.78, 5) is 28.1. The molecule has 0 bridgehead atoms. The number of sulfonamides is 1. The number of ether oxygens (including phenoxy) is 1. The molecule has 0 aliphatic heterocycles. The maximum absolute atomic E-state index is 13.7. The van der Waals surface area contributed by atoms with Crippen molar-refractivity contribution in [3.8, 4) is 5.75 Å². The van der Waals surface area contributed by atoms with Gasteiger partial charge in [0.1, 0.15) is 18.3 Å². The first-order valence-electron chi connectivity index (χ1n) is 11.7. The second-order valence-electron chi connectivity index (χ2n) is 8.16. The highest BCUT2D eigenvalue weighted by atomic mass is 35.5. The van der Waals surface area contributed by atoms with E-state index in [1.807, 2.05) is 6.92 Å². The molecule has 0 saturated carbocycles. The molecular formula is C25H33Cl2N3O5S. The Morgan fingerprint density at radius 2 is 1.75 bits per heavy atom. The van der Waals surface area contributed by atoms with Gasteiger partial charge >= 0.3 is 0 Å². The molecule has 8 nitrogen and oxygen atoms in total. The van der Waals surface area contributed by atoms with Crippen LogP contribution in [-0.4, -0.2) is 57.1 Å². The molecule has 0 fully saturated rings. The number of hydrogen-bond acceptors (Lipinski definition) is 5. The molecule has 2 aromatic carbocycles. The van der Waals surface area contributed by atoms with Gasteiger partial charge in [-0.15, -0.1) is 0 Å². The molecule has 0 aliphatic rings. The topological polar surface area (TPSA) is 96.0 Å². The Hall–Kier alpha value is -2.49. The monoisotopic (exact) mass is 557 g/mol. The zero-order chi connectivity index (χ0) is 26.9. The van der Waals surface area contributed by atoms with Gasteiger partial charge in [0.2, 0.25) is 21.8 Å². The van der Waals surface area contributed by atoms with Gasteiger partial charge in [0.15, 0.2) is 0 Å². The van der Waals surface area contributed by atoms with Crippen molar-refractivity contribution in [2.45, 2.75) is 46.2 Å². The number of amides is 2. The lowest BCUT2D eigenvalue weighted by atomic mass is 10.1. The molecule has 2 amide bonds. The summed E-state index contributed by atoms with van der Waals surface area (Å²) in [5.74, 6) is -0.522. The fourth-order valence-corrected chi connectivity index (χ4v) is 4.83. The number of benzene rings is 2. The van der Waals surface area contributed by atoms with Gasteiger partial charge in [-0.3, -0.25) is 13.9 Å². The van der Waals surface area contributed by atoms with Crippen LogP contribution in [-0.2, 0) is 26.2 Å². The van der Waals surface area contributed by atoms with Crippen LogP contribution >= 0.6 is 23.2 Å². The summed E-state index contributed by atoms with van der Waals surface area (Å²) in [6.45, 7) is 5.82.